The first-order chi connectivity index (χ1) is 7.32. The molecule has 1 aromatic carbocycles. The largest absolute Gasteiger partial charge is 0.471 e. The highest BCUT2D eigenvalue weighted by Crippen LogP contribution is 2.20. The Hall–Kier alpha value is -1.59. The lowest BCUT2D eigenvalue weighted by Crippen LogP contribution is -2.38. The molecule has 1 N–H and O–H groups in total. The number of alkyl halides is 3. The van der Waals surface area contributed by atoms with E-state index >= 15 is 0 Å². The molecule has 0 aliphatic rings. The average molecular weight is 235 g/mol. The Morgan fingerprint density at radius 2 is 1.88 bits per heavy atom. The summed E-state index contributed by atoms with van der Waals surface area (Å²) >= 11 is 0. The molecule has 1 atom stereocenters. The summed E-state index contributed by atoms with van der Waals surface area (Å²) in [7, 11) is 0. The van der Waals surface area contributed by atoms with E-state index in [9.17, 15) is 22.4 Å². The second-order valence-electron chi connectivity index (χ2n) is 3.21. The molecule has 2 nitrogen and oxygen atoms in total. The maximum absolute atomic E-state index is 13.2. The van der Waals surface area contributed by atoms with Gasteiger partial charge in [-0.15, -0.1) is 0 Å². The second-order valence-corrected chi connectivity index (χ2v) is 3.21. The summed E-state index contributed by atoms with van der Waals surface area (Å²) in [5.41, 5.74) is 0.0140. The topological polar surface area (TPSA) is 29.1 Å². The van der Waals surface area contributed by atoms with Crippen LogP contribution in [0.2, 0.25) is 0 Å². The summed E-state index contributed by atoms with van der Waals surface area (Å²) in [5.74, 6) is -2.74. The van der Waals surface area contributed by atoms with E-state index in [2.05, 4.69) is 0 Å². The van der Waals surface area contributed by atoms with Crippen molar-refractivity contribution < 1.29 is 22.4 Å². The molecule has 0 fully saturated rings. The van der Waals surface area contributed by atoms with Gasteiger partial charge >= 0.3 is 12.1 Å². The Labute approximate surface area is 89.3 Å². The summed E-state index contributed by atoms with van der Waals surface area (Å²) < 4.78 is 48.9. The molecule has 88 valence electrons. The van der Waals surface area contributed by atoms with Crippen molar-refractivity contribution in [2.75, 3.05) is 0 Å². The number of amides is 1. The van der Waals surface area contributed by atoms with Crippen molar-refractivity contribution in [3.05, 3.63) is 35.6 Å². The third-order valence-electron chi connectivity index (χ3n) is 1.98. The van der Waals surface area contributed by atoms with E-state index < -0.39 is 23.9 Å². The Kier molecular flexibility index (Phi) is 3.51. The minimum atomic E-state index is -4.96. The van der Waals surface area contributed by atoms with Crippen molar-refractivity contribution >= 4 is 5.91 Å². The van der Waals surface area contributed by atoms with Crippen molar-refractivity contribution in [2.45, 2.75) is 19.1 Å². The summed E-state index contributed by atoms with van der Waals surface area (Å²) in [5, 5.41) is 1.67. The molecule has 0 heterocycles. The van der Waals surface area contributed by atoms with Crippen molar-refractivity contribution in [3.63, 3.8) is 0 Å². The van der Waals surface area contributed by atoms with Gasteiger partial charge < -0.3 is 5.32 Å². The van der Waals surface area contributed by atoms with Gasteiger partial charge in [0.1, 0.15) is 5.82 Å². The van der Waals surface area contributed by atoms with E-state index in [1.165, 1.54) is 25.1 Å². The van der Waals surface area contributed by atoms with Gasteiger partial charge in [-0.25, -0.2) is 4.39 Å². The predicted octanol–water partition coefficient (Wildman–Crippen LogP) is 2.57. The Morgan fingerprint density at radius 3 is 2.38 bits per heavy atom. The molecular formula is C10H9F4NO. The fourth-order valence-corrected chi connectivity index (χ4v) is 1.18. The molecule has 16 heavy (non-hydrogen) atoms. The predicted molar refractivity (Wildman–Crippen MR) is 49.0 cm³/mol. The molecule has 0 unspecified atom stereocenters. The molecule has 0 radical (unpaired) electrons. The third-order valence-corrected chi connectivity index (χ3v) is 1.98. The first-order valence-corrected chi connectivity index (χ1v) is 4.44. The quantitative estimate of drug-likeness (QED) is 0.784. The zero-order valence-corrected chi connectivity index (χ0v) is 8.31. The molecule has 0 bridgehead atoms. The van der Waals surface area contributed by atoms with Crippen molar-refractivity contribution in [2.24, 2.45) is 0 Å². The third kappa shape index (κ3) is 2.95. The number of hydrogen-bond acceptors (Lipinski definition) is 1. The number of rotatable bonds is 2. The summed E-state index contributed by atoms with van der Waals surface area (Å²) in [4.78, 5) is 10.6. The van der Waals surface area contributed by atoms with Gasteiger partial charge in [0, 0.05) is 5.56 Å². The molecular weight excluding hydrogens is 226 g/mol. The van der Waals surface area contributed by atoms with Gasteiger partial charge in [0.25, 0.3) is 0 Å². The van der Waals surface area contributed by atoms with Gasteiger partial charge in [-0.3, -0.25) is 4.79 Å². The standard InChI is InChI=1S/C10H9F4NO/c1-6(15-9(16)10(12,13)14)7-4-2-3-5-8(7)11/h2-6H,1H3,(H,15,16)/t6-/m1/s1. The van der Waals surface area contributed by atoms with E-state index in [0.29, 0.717) is 0 Å². The van der Waals surface area contributed by atoms with Crippen LogP contribution in [0, 0.1) is 5.82 Å². The van der Waals surface area contributed by atoms with Crippen LogP contribution in [-0.2, 0) is 4.79 Å². The number of halogens is 4. The van der Waals surface area contributed by atoms with E-state index in [1.54, 1.807) is 5.32 Å². The highest BCUT2D eigenvalue weighted by molar-refractivity contribution is 5.82. The molecule has 0 aromatic heterocycles. The number of carbonyl (C=O) groups excluding carboxylic acids is 1. The first-order valence-electron chi connectivity index (χ1n) is 4.44. The molecule has 1 aromatic rings. The Bertz CT molecular complexity index is 389. The molecule has 0 saturated carbocycles. The van der Waals surface area contributed by atoms with E-state index in [-0.39, 0.29) is 5.56 Å². The highest BCUT2D eigenvalue weighted by Gasteiger charge is 2.39. The van der Waals surface area contributed by atoms with Crippen LogP contribution in [0.3, 0.4) is 0 Å². The van der Waals surface area contributed by atoms with E-state index in [0.717, 1.165) is 6.07 Å². The molecule has 0 saturated heterocycles. The number of benzene rings is 1. The van der Waals surface area contributed by atoms with Crippen LogP contribution in [0.5, 0.6) is 0 Å². The van der Waals surface area contributed by atoms with Crippen molar-refractivity contribution in [3.8, 4) is 0 Å². The lowest BCUT2D eigenvalue weighted by Gasteiger charge is -2.15. The van der Waals surface area contributed by atoms with Crippen LogP contribution in [0.25, 0.3) is 0 Å². The number of nitrogens with one attached hydrogen (secondary N) is 1. The van der Waals surface area contributed by atoms with Crippen molar-refractivity contribution in [1.82, 2.24) is 5.32 Å². The fourth-order valence-electron chi connectivity index (χ4n) is 1.18. The van der Waals surface area contributed by atoms with Crippen LogP contribution >= 0.6 is 0 Å². The summed E-state index contributed by atoms with van der Waals surface area (Å²) in [6.07, 6.45) is -4.96. The smallest absolute Gasteiger partial charge is 0.342 e. The lowest BCUT2D eigenvalue weighted by atomic mass is 10.1. The van der Waals surface area contributed by atoms with Gasteiger partial charge in [-0.2, -0.15) is 13.2 Å². The van der Waals surface area contributed by atoms with Crippen LogP contribution in [0.15, 0.2) is 24.3 Å². The first kappa shape index (κ1) is 12.5. The Balaban J connectivity index is 2.78. The summed E-state index contributed by atoms with van der Waals surface area (Å²) in [6.45, 7) is 1.28. The molecule has 0 aliphatic carbocycles. The minimum absolute atomic E-state index is 0.0140. The molecule has 6 heteroatoms. The fraction of sp³-hybridized carbons (Fsp3) is 0.300. The highest BCUT2D eigenvalue weighted by atomic mass is 19.4. The van der Waals surface area contributed by atoms with Crippen molar-refractivity contribution in [1.29, 1.82) is 0 Å². The average Bonchev–Trinajstić information content (AvgIpc) is 2.16. The van der Waals surface area contributed by atoms with Gasteiger partial charge in [-0.1, -0.05) is 18.2 Å². The summed E-state index contributed by atoms with van der Waals surface area (Å²) in [6, 6.07) is 4.30. The van der Waals surface area contributed by atoms with Crippen LogP contribution in [0.1, 0.15) is 18.5 Å². The SMILES string of the molecule is C[C@@H](NC(=O)C(F)(F)F)c1ccccc1F. The molecule has 0 aliphatic heterocycles. The second kappa shape index (κ2) is 4.51. The number of carbonyl (C=O) groups is 1. The number of hydrogen-bond donors (Lipinski definition) is 1. The van der Waals surface area contributed by atoms with Gasteiger partial charge in [0.05, 0.1) is 6.04 Å². The molecule has 1 amide bonds. The lowest BCUT2D eigenvalue weighted by molar-refractivity contribution is -0.174. The van der Waals surface area contributed by atoms with E-state index in [1.807, 2.05) is 0 Å². The zero-order valence-electron chi connectivity index (χ0n) is 8.31. The van der Waals surface area contributed by atoms with E-state index in [4.69, 9.17) is 0 Å². The maximum atomic E-state index is 13.2. The van der Waals surface area contributed by atoms with Gasteiger partial charge in [0.15, 0.2) is 0 Å². The molecule has 1 rings (SSSR count). The van der Waals surface area contributed by atoms with Gasteiger partial charge in [0.2, 0.25) is 0 Å². The van der Waals surface area contributed by atoms with Gasteiger partial charge in [-0.05, 0) is 13.0 Å². The monoisotopic (exact) mass is 235 g/mol. The zero-order chi connectivity index (χ0) is 12.3. The molecule has 0 spiro atoms. The van der Waals surface area contributed by atoms with Crippen LogP contribution in [0.4, 0.5) is 17.6 Å². The van der Waals surface area contributed by atoms with Crippen LogP contribution in [-0.4, -0.2) is 12.1 Å². The Morgan fingerprint density at radius 1 is 1.31 bits per heavy atom. The van der Waals surface area contributed by atoms with Crippen LogP contribution < -0.4 is 5.32 Å². The maximum Gasteiger partial charge on any atom is 0.471 e. The normalized spacial score (nSPS) is 13.3. The minimum Gasteiger partial charge on any atom is -0.342 e.